The summed E-state index contributed by atoms with van der Waals surface area (Å²) in [6.07, 6.45) is 1.08. The highest BCUT2D eigenvalue weighted by atomic mass is 16.5. The molecule has 10 nitrogen and oxygen atoms in total. The second-order valence-corrected chi connectivity index (χ2v) is 9.99. The van der Waals surface area contributed by atoms with Gasteiger partial charge in [-0.25, -0.2) is 4.79 Å². The number of benzene rings is 3. The maximum Gasteiger partial charge on any atom is 0.408 e. The lowest BCUT2D eigenvalue weighted by molar-refractivity contribution is -0.123. The Kier molecular flexibility index (Phi) is 10.3. The molecule has 0 aliphatic heterocycles. The van der Waals surface area contributed by atoms with Gasteiger partial charge in [-0.2, -0.15) is 0 Å². The van der Waals surface area contributed by atoms with Crippen LogP contribution in [0.2, 0.25) is 0 Å². The summed E-state index contributed by atoms with van der Waals surface area (Å²) in [6.45, 7) is 1.16. The highest BCUT2D eigenvalue weighted by molar-refractivity contribution is 6.06. The molecular weight excluding hydrogens is 534 g/mol. The Labute approximate surface area is 244 Å². The molecule has 0 aliphatic carbocycles. The molecule has 1 heterocycles. The van der Waals surface area contributed by atoms with Crippen molar-refractivity contribution in [1.82, 2.24) is 15.5 Å². The molecule has 3 amide bonds. The molecule has 5 N–H and O–H groups in total. The molecule has 4 rings (SSSR count). The second kappa shape index (κ2) is 14.5. The van der Waals surface area contributed by atoms with E-state index in [-0.39, 0.29) is 24.8 Å². The third-order valence-electron chi connectivity index (χ3n) is 6.44. The lowest BCUT2D eigenvalue weighted by atomic mass is 10.0. The van der Waals surface area contributed by atoms with Crippen molar-refractivity contribution in [2.45, 2.75) is 19.1 Å². The lowest BCUT2D eigenvalue weighted by Crippen LogP contribution is -2.49. The molecule has 3 aromatic carbocycles. The van der Waals surface area contributed by atoms with E-state index in [4.69, 9.17) is 14.9 Å². The van der Waals surface area contributed by atoms with Gasteiger partial charge in [-0.05, 0) is 67.7 Å². The van der Waals surface area contributed by atoms with Gasteiger partial charge in [0.15, 0.2) is 0 Å². The Hall–Kier alpha value is -5.09. The second-order valence-electron chi connectivity index (χ2n) is 9.99. The van der Waals surface area contributed by atoms with E-state index in [2.05, 4.69) is 16.0 Å². The number of anilines is 2. The number of likely N-dealkylation sites (N-methyl/N-ethyl adjacent to an activating group) is 1. The summed E-state index contributed by atoms with van der Waals surface area (Å²) in [6, 6.07) is 24.1. The molecular formula is C32H35N5O5. The number of ether oxygens (including phenoxy) is 1. The third kappa shape index (κ3) is 8.70. The summed E-state index contributed by atoms with van der Waals surface area (Å²) >= 11 is 0. The monoisotopic (exact) mass is 569 g/mol. The quantitative estimate of drug-likeness (QED) is 0.187. The van der Waals surface area contributed by atoms with Crippen molar-refractivity contribution in [2.24, 2.45) is 0 Å². The summed E-state index contributed by atoms with van der Waals surface area (Å²) < 4.78 is 10.8. The first-order valence-corrected chi connectivity index (χ1v) is 13.5. The maximum atomic E-state index is 13.0. The Bertz CT molecular complexity index is 1470. The van der Waals surface area contributed by atoms with E-state index < -0.39 is 12.1 Å². The molecule has 4 aromatic rings. The fraction of sp³-hybridized carbons (Fsp3) is 0.219. The molecule has 0 saturated carbocycles. The smallest absolute Gasteiger partial charge is 0.408 e. The zero-order chi connectivity index (χ0) is 29.9. The molecule has 0 aliphatic rings. The SMILES string of the molecule is CN(C)CCNC(=O)C(Cc1ccc(C(=O)Nc2cc(-c3ccco3)ccc2N)cc1)NC(=O)OCc1ccccc1. The van der Waals surface area contributed by atoms with Crippen LogP contribution in [-0.4, -0.2) is 56.0 Å². The minimum atomic E-state index is -0.876. The van der Waals surface area contributed by atoms with Crippen LogP contribution >= 0.6 is 0 Å². The van der Waals surface area contributed by atoms with Crippen LogP contribution in [0.25, 0.3) is 11.3 Å². The summed E-state index contributed by atoms with van der Waals surface area (Å²) in [7, 11) is 3.81. The fourth-order valence-electron chi connectivity index (χ4n) is 4.13. The zero-order valence-corrected chi connectivity index (χ0v) is 23.6. The highest BCUT2D eigenvalue weighted by Crippen LogP contribution is 2.28. The lowest BCUT2D eigenvalue weighted by Gasteiger charge is -2.19. The van der Waals surface area contributed by atoms with Crippen LogP contribution in [-0.2, 0) is 22.6 Å². The topological polar surface area (TPSA) is 139 Å². The Morgan fingerprint density at radius 2 is 1.69 bits per heavy atom. The third-order valence-corrected chi connectivity index (χ3v) is 6.44. The first kappa shape index (κ1) is 29.9. The first-order valence-electron chi connectivity index (χ1n) is 13.5. The van der Waals surface area contributed by atoms with E-state index in [1.807, 2.05) is 61.5 Å². The van der Waals surface area contributed by atoms with Crippen LogP contribution in [0, 0.1) is 0 Å². The van der Waals surface area contributed by atoms with Crippen molar-refractivity contribution in [3.63, 3.8) is 0 Å². The Morgan fingerprint density at radius 3 is 2.38 bits per heavy atom. The van der Waals surface area contributed by atoms with Gasteiger partial charge in [0.2, 0.25) is 5.91 Å². The average Bonchev–Trinajstić information content (AvgIpc) is 3.53. The van der Waals surface area contributed by atoms with Gasteiger partial charge in [-0.1, -0.05) is 42.5 Å². The van der Waals surface area contributed by atoms with Crippen molar-refractivity contribution in [1.29, 1.82) is 0 Å². The Balaban J connectivity index is 1.40. The van der Waals surface area contributed by atoms with Crippen molar-refractivity contribution in [3.8, 4) is 11.3 Å². The number of hydrogen-bond acceptors (Lipinski definition) is 7. The molecule has 1 unspecified atom stereocenters. The van der Waals surface area contributed by atoms with Crippen molar-refractivity contribution in [2.75, 3.05) is 38.2 Å². The van der Waals surface area contributed by atoms with E-state index in [9.17, 15) is 14.4 Å². The molecule has 42 heavy (non-hydrogen) atoms. The van der Waals surface area contributed by atoms with Crippen molar-refractivity contribution < 1.29 is 23.5 Å². The summed E-state index contributed by atoms with van der Waals surface area (Å²) in [4.78, 5) is 40.5. The molecule has 10 heteroatoms. The predicted molar refractivity (Wildman–Crippen MR) is 162 cm³/mol. The zero-order valence-electron chi connectivity index (χ0n) is 23.6. The van der Waals surface area contributed by atoms with Crippen LogP contribution in [0.4, 0.5) is 16.2 Å². The number of alkyl carbamates (subject to hydrolysis) is 1. The van der Waals surface area contributed by atoms with Crippen LogP contribution < -0.4 is 21.7 Å². The van der Waals surface area contributed by atoms with Gasteiger partial charge >= 0.3 is 6.09 Å². The van der Waals surface area contributed by atoms with Gasteiger partial charge in [0.05, 0.1) is 17.6 Å². The number of carbonyl (C=O) groups excluding carboxylic acids is 3. The van der Waals surface area contributed by atoms with Crippen LogP contribution in [0.15, 0.2) is 95.6 Å². The van der Waals surface area contributed by atoms with Gasteiger partial charge in [-0.15, -0.1) is 0 Å². The number of rotatable bonds is 12. The highest BCUT2D eigenvalue weighted by Gasteiger charge is 2.22. The van der Waals surface area contributed by atoms with Gasteiger partial charge in [-0.3, -0.25) is 9.59 Å². The minimum Gasteiger partial charge on any atom is -0.464 e. The normalized spacial score (nSPS) is 11.5. The van der Waals surface area contributed by atoms with E-state index in [0.29, 0.717) is 35.8 Å². The fourth-order valence-corrected chi connectivity index (χ4v) is 4.13. The Morgan fingerprint density at radius 1 is 0.929 bits per heavy atom. The van der Waals surface area contributed by atoms with Gasteiger partial charge in [0, 0.05) is 30.6 Å². The molecule has 1 aromatic heterocycles. The minimum absolute atomic E-state index is 0.0837. The number of nitrogens with two attached hydrogens (primary N) is 1. The first-order chi connectivity index (χ1) is 20.3. The predicted octanol–water partition coefficient (Wildman–Crippen LogP) is 4.30. The molecule has 1 atom stereocenters. The molecule has 218 valence electrons. The molecule has 0 bridgehead atoms. The van der Waals surface area contributed by atoms with E-state index in [1.165, 1.54) is 0 Å². The van der Waals surface area contributed by atoms with Gasteiger partial charge in [0.1, 0.15) is 18.4 Å². The van der Waals surface area contributed by atoms with Crippen LogP contribution in [0.5, 0.6) is 0 Å². The molecule has 0 saturated heterocycles. The van der Waals surface area contributed by atoms with E-state index in [1.54, 1.807) is 48.7 Å². The van der Waals surface area contributed by atoms with E-state index in [0.717, 1.165) is 16.7 Å². The van der Waals surface area contributed by atoms with Crippen molar-refractivity contribution in [3.05, 3.63) is 108 Å². The van der Waals surface area contributed by atoms with Gasteiger partial charge < -0.3 is 35.7 Å². The summed E-state index contributed by atoms with van der Waals surface area (Å²) in [5, 5.41) is 8.38. The maximum absolute atomic E-state index is 13.0. The van der Waals surface area contributed by atoms with Crippen molar-refractivity contribution >= 4 is 29.3 Å². The van der Waals surface area contributed by atoms with Crippen LogP contribution in [0.3, 0.4) is 0 Å². The summed E-state index contributed by atoms with van der Waals surface area (Å²) in [5.41, 5.74) is 9.75. The summed E-state index contributed by atoms with van der Waals surface area (Å²) in [5.74, 6) is -0.0135. The van der Waals surface area contributed by atoms with E-state index >= 15 is 0 Å². The average molecular weight is 570 g/mol. The number of nitrogens with one attached hydrogen (secondary N) is 3. The number of hydrogen-bond donors (Lipinski definition) is 4. The largest absolute Gasteiger partial charge is 0.464 e. The van der Waals surface area contributed by atoms with Crippen LogP contribution in [0.1, 0.15) is 21.5 Å². The molecule has 0 spiro atoms. The number of amides is 3. The van der Waals surface area contributed by atoms with Gasteiger partial charge in [0.25, 0.3) is 5.91 Å². The molecule has 0 radical (unpaired) electrons. The number of nitrogen functional groups attached to an aromatic ring is 1. The number of nitrogens with zero attached hydrogens (tertiary/aromatic N) is 1. The number of carbonyl (C=O) groups is 3. The standard InChI is InChI=1S/C32H35N5O5/c1-37(2)17-16-34-31(39)28(36-32(40)42-21-23-7-4-3-5-8-23)19-22-10-12-24(13-11-22)30(38)35-27-20-25(14-15-26(27)33)29-9-6-18-41-29/h3-15,18,20,28H,16-17,19,21,33H2,1-2H3,(H,34,39)(H,35,38)(H,36,40). The molecule has 0 fully saturated rings. The number of furan rings is 1.